The van der Waals surface area contributed by atoms with Crippen molar-refractivity contribution in [3.8, 4) is 11.5 Å². The molecule has 2 aromatic rings. The van der Waals surface area contributed by atoms with Crippen LogP contribution in [-0.4, -0.2) is 70.2 Å². The molecule has 0 aliphatic rings. The first-order chi connectivity index (χ1) is 36.4. The Hall–Kier alpha value is -4.48. The van der Waals surface area contributed by atoms with Crippen LogP contribution in [0.25, 0.3) is 0 Å². The Morgan fingerprint density at radius 2 is 0.880 bits per heavy atom. The smallest absolute Gasteiger partial charge is 0.311 e. The molecule has 0 heterocycles. The number of benzene rings is 2. The maximum atomic E-state index is 12.2. The first-order valence-electron chi connectivity index (χ1n) is 29.6. The molecule has 0 saturated heterocycles. The van der Waals surface area contributed by atoms with Gasteiger partial charge in [0.2, 0.25) is 0 Å². The van der Waals surface area contributed by atoms with Crippen molar-refractivity contribution < 1.29 is 42.9 Å². The lowest BCUT2D eigenvalue weighted by atomic mass is 10.1. The summed E-state index contributed by atoms with van der Waals surface area (Å²) in [4.78, 5) is 46.2. The van der Waals surface area contributed by atoms with E-state index in [1.165, 1.54) is 77.0 Å². The molecule has 0 amide bonds. The summed E-state index contributed by atoms with van der Waals surface area (Å²) in [5, 5.41) is 6.82. The number of esters is 3. The highest BCUT2D eigenvalue weighted by atomic mass is 16.5. The van der Waals surface area contributed by atoms with Gasteiger partial charge in [0, 0.05) is 45.2 Å². The zero-order valence-corrected chi connectivity index (χ0v) is 48.1. The summed E-state index contributed by atoms with van der Waals surface area (Å²) in [6, 6.07) is 14.7. The van der Waals surface area contributed by atoms with E-state index in [2.05, 4.69) is 58.4 Å². The number of carbonyl (C=O) groups is 4. The van der Waals surface area contributed by atoms with Gasteiger partial charge in [0.15, 0.2) is 0 Å². The molecule has 0 atom stereocenters. The fourth-order valence-electron chi connectivity index (χ4n) is 8.23. The Kier molecular flexibility index (Phi) is 44.9. The normalized spacial score (nSPS) is 11.0. The highest BCUT2D eigenvalue weighted by Crippen LogP contribution is 2.20. The zero-order chi connectivity index (χ0) is 54.8. The molecule has 2 N–H and O–H groups in total. The lowest BCUT2D eigenvalue weighted by Crippen LogP contribution is -2.29. The second-order valence-corrected chi connectivity index (χ2v) is 21.1. The van der Waals surface area contributed by atoms with Crippen LogP contribution in [0.15, 0.2) is 73.2 Å². The molecule has 0 aliphatic heterocycles. The number of unbranched alkanes of at least 4 members (excludes halogenated alkanes) is 16. The maximum absolute atomic E-state index is 12.2. The molecule has 0 aromatic heterocycles. The second-order valence-electron chi connectivity index (χ2n) is 21.1. The van der Waals surface area contributed by atoms with Gasteiger partial charge in [0.05, 0.1) is 37.8 Å². The number of ether oxygens (including phenoxy) is 5. The Morgan fingerprint density at radius 1 is 0.453 bits per heavy atom. The van der Waals surface area contributed by atoms with E-state index in [9.17, 15) is 19.2 Å². The van der Waals surface area contributed by atoms with Gasteiger partial charge in [-0.3, -0.25) is 14.4 Å². The van der Waals surface area contributed by atoms with Gasteiger partial charge in [-0.15, -0.1) is 0 Å². The van der Waals surface area contributed by atoms with Crippen molar-refractivity contribution in [3.63, 3.8) is 0 Å². The van der Waals surface area contributed by atoms with Gasteiger partial charge >= 0.3 is 17.9 Å². The SMILES string of the molecule is C=C(CCCCCCCCCCC(=C)Oc1ccc(CC(=O)OCCCNCCNCCCCC)cc1)OCCCC(C)C.CC(C)CCCOC(=O)CCCCCCCCCCC(=O)Oc1ccc(CC=O)cc1. The highest BCUT2D eigenvalue weighted by molar-refractivity contribution is 5.73. The average molecular weight is 1050 g/mol. The number of rotatable bonds is 49. The number of allylic oxidation sites excluding steroid dienone is 2. The molecule has 11 heteroatoms. The van der Waals surface area contributed by atoms with Crippen molar-refractivity contribution in [2.75, 3.05) is 46.0 Å². The third-order valence-corrected chi connectivity index (χ3v) is 12.8. The molecule has 0 bridgehead atoms. The van der Waals surface area contributed by atoms with Crippen LogP contribution in [0, 0.1) is 11.8 Å². The number of hydrogen-bond acceptors (Lipinski definition) is 11. The van der Waals surface area contributed by atoms with Gasteiger partial charge < -0.3 is 39.1 Å². The molecule has 75 heavy (non-hydrogen) atoms. The van der Waals surface area contributed by atoms with E-state index in [-0.39, 0.29) is 24.3 Å². The van der Waals surface area contributed by atoms with Crippen LogP contribution in [0.2, 0.25) is 0 Å². The number of aldehydes is 1. The average Bonchev–Trinajstić information content (AvgIpc) is 3.38. The molecule has 0 radical (unpaired) electrons. The number of hydrogen-bond donors (Lipinski definition) is 2. The van der Waals surface area contributed by atoms with Crippen molar-refractivity contribution in [2.45, 2.75) is 227 Å². The van der Waals surface area contributed by atoms with Gasteiger partial charge in [-0.2, -0.15) is 0 Å². The van der Waals surface area contributed by atoms with Gasteiger partial charge in [-0.25, -0.2) is 0 Å². The lowest BCUT2D eigenvalue weighted by molar-refractivity contribution is -0.144. The largest absolute Gasteiger partial charge is 0.499 e. The second kappa shape index (κ2) is 49.1. The fourth-order valence-corrected chi connectivity index (χ4v) is 8.23. The number of nitrogens with one attached hydrogen (secondary N) is 2. The summed E-state index contributed by atoms with van der Waals surface area (Å²) < 4.78 is 27.6. The maximum Gasteiger partial charge on any atom is 0.311 e. The van der Waals surface area contributed by atoms with Gasteiger partial charge in [0.1, 0.15) is 17.8 Å². The van der Waals surface area contributed by atoms with Gasteiger partial charge in [0.25, 0.3) is 0 Å². The van der Waals surface area contributed by atoms with Crippen molar-refractivity contribution in [1.29, 1.82) is 0 Å². The molecule has 2 rings (SSSR count). The predicted octanol–water partition coefficient (Wildman–Crippen LogP) is 15.5. The first-order valence-corrected chi connectivity index (χ1v) is 29.6. The van der Waals surface area contributed by atoms with Crippen LogP contribution in [0.1, 0.15) is 226 Å². The molecule has 0 unspecified atom stereocenters. The van der Waals surface area contributed by atoms with E-state index >= 15 is 0 Å². The Morgan fingerprint density at radius 3 is 1.40 bits per heavy atom. The van der Waals surface area contributed by atoms with Crippen LogP contribution in [0.4, 0.5) is 0 Å². The highest BCUT2D eigenvalue weighted by Gasteiger charge is 2.09. The Labute approximate surface area is 456 Å². The van der Waals surface area contributed by atoms with Crippen LogP contribution >= 0.6 is 0 Å². The minimum Gasteiger partial charge on any atom is -0.499 e. The minimum atomic E-state index is -0.209. The van der Waals surface area contributed by atoms with Crippen LogP contribution < -0.4 is 20.1 Å². The summed E-state index contributed by atoms with van der Waals surface area (Å²) in [5.41, 5.74) is 1.84. The molecule has 0 saturated carbocycles. The van der Waals surface area contributed by atoms with E-state index in [1.807, 2.05) is 24.3 Å². The predicted molar refractivity (Wildman–Crippen MR) is 309 cm³/mol. The molecule has 2 aromatic carbocycles. The van der Waals surface area contributed by atoms with Crippen LogP contribution in [0.5, 0.6) is 11.5 Å². The summed E-state index contributed by atoms with van der Waals surface area (Å²) in [6.45, 7) is 24.9. The van der Waals surface area contributed by atoms with E-state index in [4.69, 9.17) is 23.7 Å². The monoisotopic (exact) mass is 1050 g/mol. The number of carbonyl (C=O) groups excluding carboxylic acids is 4. The van der Waals surface area contributed by atoms with Gasteiger partial charge in [-0.1, -0.05) is 162 Å². The fraction of sp³-hybridized carbons (Fsp3) is 0.688. The topological polar surface area (TPSA) is 138 Å². The Balaban J connectivity index is 0.000000796. The first kappa shape index (κ1) is 68.5. The summed E-state index contributed by atoms with van der Waals surface area (Å²) in [5.74, 6) is 3.99. The summed E-state index contributed by atoms with van der Waals surface area (Å²) in [6.07, 6.45) is 31.6. The van der Waals surface area contributed by atoms with Crippen molar-refractivity contribution >= 4 is 24.2 Å². The molecule has 426 valence electrons. The summed E-state index contributed by atoms with van der Waals surface area (Å²) >= 11 is 0. The van der Waals surface area contributed by atoms with E-state index in [0.29, 0.717) is 44.1 Å². The van der Waals surface area contributed by atoms with E-state index in [0.717, 1.165) is 163 Å². The van der Waals surface area contributed by atoms with Crippen molar-refractivity contribution in [2.24, 2.45) is 11.8 Å². The van der Waals surface area contributed by atoms with Crippen LogP contribution in [-0.2, 0) is 46.2 Å². The molecule has 0 spiro atoms. The zero-order valence-electron chi connectivity index (χ0n) is 48.1. The van der Waals surface area contributed by atoms with Crippen molar-refractivity contribution in [1.82, 2.24) is 10.6 Å². The molecule has 11 nitrogen and oxygen atoms in total. The lowest BCUT2D eigenvalue weighted by Gasteiger charge is -2.10. The van der Waals surface area contributed by atoms with Crippen molar-refractivity contribution in [3.05, 3.63) is 84.3 Å². The van der Waals surface area contributed by atoms with Crippen LogP contribution in [0.3, 0.4) is 0 Å². The summed E-state index contributed by atoms with van der Waals surface area (Å²) in [7, 11) is 0. The molecular formula is C64H106N2O9. The quantitative estimate of drug-likeness (QED) is 0.0215. The third kappa shape index (κ3) is 45.4. The molecule has 0 fully saturated rings. The minimum absolute atomic E-state index is 0.0625. The third-order valence-electron chi connectivity index (χ3n) is 12.8. The van der Waals surface area contributed by atoms with Gasteiger partial charge in [-0.05, 0) is 125 Å². The standard InChI is InChI=1S/C38H66N2O4.C26H40O5/c1-6-7-16-26-39-28-29-40-27-18-31-43-38(41)32-36-22-24-37(25-23-36)44-35(5)21-15-13-11-9-8-10-12-14-20-34(4)42-30-17-19-33(2)3;1-22(2)12-11-21-30-25(28)13-9-7-5-3-4-6-8-10-14-26(29)31-24-17-15-23(16-18-24)19-20-27/h22-25,33,39-40H,4-21,26-32H2,1-3H3;15-18,20,22H,3-14,19,21H2,1-2H3. The van der Waals surface area contributed by atoms with E-state index in [1.54, 1.807) is 24.3 Å². The Bertz CT molecular complexity index is 1730. The van der Waals surface area contributed by atoms with E-state index < -0.39 is 0 Å². The molecule has 0 aliphatic carbocycles. The molecular weight excluding hydrogens is 941 g/mol.